The second kappa shape index (κ2) is 5.74. The number of hydrogen-bond donors (Lipinski definition) is 1. The molecule has 0 aliphatic carbocycles. The highest BCUT2D eigenvalue weighted by atomic mass is 32.2. The lowest BCUT2D eigenvalue weighted by Gasteiger charge is -2.31. The second-order valence-corrected chi connectivity index (χ2v) is 6.92. The van der Waals surface area contributed by atoms with Crippen LogP contribution in [-0.4, -0.2) is 38.2 Å². The van der Waals surface area contributed by atoms with Crippen LogP contribution >= 0.6 is 0 Å². The number of hydrogen-bond acceptors (Lipinski definition) is 7. The number of guanidine groups is 1. The minimum absolute atomic E-state index is 0.0116. The Bertz CT molecular complexity index is 981. The van der Waals surface area contributed by atoms with E-state index in [-0.39, 0.29) is 29.9 Å². The van der Waals surface area contributed by atoms with Crippen molar-refractivity contribution in [2.24, 2.45) is 9.39 Å². The molecule has 0 unspecified atom stereocenters. The predicted octanol–water partition coefficient (Wildman–Crippen LogP) is 0.720. The molecule has 0 radical (unpaired) electrons. The summed E-state index contributed by atoms with van der Waals surface area (Å²) in [5.41, 5.74) is 0.406. The Kier molecular flexibility index (Phi) is 3.53. The third-order valence-corrected chi connectivity index (χ3v) is 4.98. The Morgan fingerprint density at radius 1 is 1.20 bits per heavy atom. The van der Waals surface area contributed by atoms with Gasteiger partial charge >= 0.3 is 0 Å². The molecular formula is C15H13N5O4S. The quantitative estimate of drug-likeness (QED) is 0.862. The molecular weight excluding hydrogens is 346 g/mol. The number of hydrazine groups is 1. The Balaban J connectivity index is 1.53. The number of furan rings is 1. The maximum Gasteiger partial charge on any atom is 0.287 e. The number of benzene rings is 1. The molecule has 1 aromatic heterocycles. The third-order valence-electron chi connectivity index (χ3n) is 3.67. The minimum Gasteiger partial charge on any atom is -0.467 e. The number of nitrogens with one attached hydrogen (secondary N) is 1. The van der Waals surface area contributed by atoms with Crippen molar-refractivity contribution in [3.8, 4) is 0 Å². The standard InChI is InChI=1S/C15H13N5O4S/c21-14(16-8-11-4-3-7-24-11)9-19-10-17-15-18-25(22,23)13-6-2-1-5-12(13)20(15)19/h1-7,10H,8-9H2,(H,16,21). The van der Waals surface area contributed by atoms with Gasteiger partial charge in [0.25, 0.3) is 16.0 Å². The summed E-state index contributed by atoms with van der Waals surface area (Å²) in [6, 6.07) is 9.94. The molecule has 10 heteroatoms. The highest BCUT2D eigenvalue weighted by molar-refractivity contribution is 7.90. The maximum atomic E-state index is 12.2. The molecule has 0 saturated carbocycles. The number of carbonyl (C=O) groups excluding carboxylic acids is 1. The highest BCUT2D eigenvalue weighted by Gasteiger charge is 2.36. The molecule has 1 N–H and O–H groups in total. The summed E-state index contributed by atoms with van der Waals surface area (Å²) in [5, 5.41) is 5.73. The number of fused-ring (bicyclic) bond motifs is 3. The predicted molar refractivity (Wildman–Crippen MR) is 89.3 cm³/mol. The smallest absolute Gasteiger partial charge is 0.287 e. The fourth-order valence-electron chi connectivity index (χ4n) is 2.57. The van der Waals surface area contributed by atoms with E-state index in [1.807, 2.05) is 0 Å². The Labute approximate surface area is 143 Å². The zero-order valence-electron chi connectivity index (χ0n) is 12.9. The van der Waals surface area contributed by atoms with Crippen LogP contribution in [0.3, 0.4) is 0 Å². The number of aliphatic imine (C=N–C) groups is 1. The average Bonchev–Trinajstić information content (AvgIpc) is 3.23. The molecule has 9 nitrogen and oxygen atoms in total. The normalized spacial score (nSPS) is 17.0. The van der Waals surface area contributed by atoms with E-state index in [0.717, 1.165) is 0 Å². The number of carbonyl (C=O) groups is 1. The monoisotopic (exact) mass is 359 g/mol. The largest absolute Gasteiger partial charge is 0.467 e. The number of amides is 1. The first-order valence-electron chi connectivity index (χ1n) is 7.38. The van der Waals surface area contributed by atoms with E-state index < -0.39 is 10.0 Å². The van der Waals surface area contributed by atoms with Crippen LogP contribution in [0.15, 0.2) is 61.4 Å². The summed E-state index contributed by atoms with van der Waals surface area (Å²) in [7, 11) is -3.80. The Morgan fingerprint density at radius 3 is 2.84 bits per heavy atom. The zero-order chi connectivity index (χ0) is 17.4. The molecule has 0 fully saturated rings. The van der Waals surface area contributed by atoms with Gasteiger partial charge in [-0.15, -0.1) is 4.40 Å². The van der Waals surface area contributed by atoms with Crippen molar-refractivity contribution in [2.75, 3.05) is 11.6 Å². The zero-order valence-corrected chi connectivity index (χ0v) is 13.7. The van der Waals surface area contributed by atoms with Gasteiger partial charge in [-0.2, -0.15) is 13.4 Å². The summed E-state index contributed by atoms with van der Waals surface area (Å²) < 4.78 is 33.2. The van der Waals surface area contributed by atoms with Crippen LogP contribution in [0.1, 0.15) is 5.76 Å². The van der Waals surface area contributed by atoms with Crippen molar-refractivity contribution in [3.05, 3.63) is 48.4 Å². The van der Waals surface area contributed by atoms with Gasteiger partial charge in [-0.25, -0.2) is 5.01 Å². The summed E-state index contributed by atoms with van der Waals surface area (Å²) >= 11 is 0. The van der Waals surface area contributed by atoms with Crippen LogP contribution in [-0.2, 0) is 21.4 Å². The lowest BCUT2D eigenvalue weighted by molar-refractivity contribution is -0.121. The van der Waals surface area contributed by atoms with Gasteiger partial charge in [0, 0.05) is 0 Å². The Morgan fingerprint density at radius 2 is 2.04 bits per heavy atom. The van der Waals surface area contributed by atoms with Crippen molar-refractivity contribution >= 4 is 33.9 Å². The van der Waals surface area contributed by atoms with Crippen LogP contribution in [0.4, 0.5) is 5.69 Å². The molecule has 0 spiro atoms. The molecule has 25 heavy (non-hydrogen) atoms. The van der Waals surface area contributed by atoms with Crippen molar-refractivity contribution in [3.63, 3.8) is 0 Å². The molecule has 3 heterocycles. The fraction of sp³-hybridized carbons (Fsp3) is 0.133. The van der Waals surface area contributed by atoms with E-state index in [4.69, 9.17) is 4.42 Å². The fourth-order valence-corrected chi connectivity index (χ4v) is 3.68. The van der Waals surface area contributed by atoms with Crippen molar-refractivity contribution in [2.45, 2.75) is 11.4 Å². The lowest BCUT2D eigenvalue weighted by atomic mass is 10.3. The number of anilines is 1. The second-order valence-electron chi connectivity index (χ2n) is 5.34. The van der Waals surface area contributed by atoms with E-state index in [1.165, 1.54) is 28.7 Å². The van der Waals surface area contributed by atoms with Gasteiger partial charge in [-0.1, -0.05) is 12.1 Å². The van der Waals surface area contributed by atoms with Crippen molar-refractivity contribution in [1.29, 1.82) is 0 Å². The third kappa shape index (κ3) is 2.76. The van der Waals surface area contributed by atoms with Crippen molar-refractivity contribution < 1.29 is 17.6 Å². The SMILES string of the molecule is O=C(CN1C=NC2=NS(=O)(=O)c3ccccc3N21)NCc1ccco1. The van der Waals surface area contributed by atoms with Gasteiger partial charge < -0.3 is 9.73 Å². The van der Waals surface area contributed by atoms with Crippen LogP contribution in [0, 0.1) is 0 Å². The number of rotatable bonds is 4. The molecule has 0 atom stereocenters. The van der Waals surface area contributed by atoms with E-state index >= 15 is 0 Å². The first kappa shape index (κ1) is 15.4. The summed E-state index contributed by atoms with van der Waals surface area (Å²) in [6.45, 7) is 0.223. The average molecular weight is 359 g/mol. The molecule has 2 aromatic rings. The van der Waals surface area contributed by atoms with Gasteiger partial charge in [0.15, 0.2) is 0 Å². The van der Waals surface area contributed by atoms with Crippen LogP contribution < -0.4 is 10.3 Å². The highest BCUT2D eigenvalue weighted by Crippen LogP contribution is 2.33. The van der Waals surface area contributed by atoms with Crippen LogP contribution in [0.2, 0.25) is 0 Å². The Hall–Kier alpha value is -3.14. The summed E-state index contributed by atoms with van der Waals surface area (Å²) in [6.07, 6.45) is 2.91. The molecule has 2 aliphatic rings. The van der Waals surface area contributed by atoms with Gasteiger partial charge in [-0.05, 0) is 24.3 Å². The van der Waals surface area contributed by atoms with E-state index in [1.54, 1.807) is 30.3 Å². The van der Waals surface area contributed by atoms with Gasteiger partial charge in [-0.3, -0.25) is 9.80 Å². The summed E-state index contributed by atoms with van der Waals surface area (Å²) in [5.74, 6) is 0.382. The van der Waals surface area contributed by atoms with E-state index in [0.29, 0.717) is 11.4 Å². The molecule has 4 rings (SSSR count). The van der Waals surface area contributed by atoms with E-state index in [2.05, 4.69) is 14.7 Å². The first-order chi connectivity index (χ1) is 12.0. The van der Waals surface area contributed by atoms with Crippen molar-refractivity contribution in [1.82, 2.24) is 10.3 Å². The molecule has 0 saturated heterocycles. The first-order valence-corrected chi connectivity index (χ1v) is 8.82. The molecule has 1 amide bonds. The molecule has 2 aliphatic heterocycles. The molecule has 0 bridgehead atoms. The maximum absolute atomic E-state index is 12.2. The topological polar surface area (TPSA) is 108 Å². The van der Waals surface area contributed by atoms with E-state index in [9.17, 15) is 13.2 Å². The van der Waals surface area contributed by atoms with Crippen LogP contribution in [0.25, 0.3) is 0 Å². The number of para-hydroxylation sites is 1. The van der Waals surface area contributed by atoms with Crippen LogP contribution in [0.5, 0.6) is 0 Å². The molecule has 128 valence electrons. The summed E-state index contributed by atoms with van der Waals surface area (Å²) in [4.78, 5) is 16.2. The lowest BCUT2D eigenvalue weighted by Crippen LogP contribution is -2.47. The number of nitrogens with zero attached hydrogens (tertiary/aromatic N) is 4. The van der Waals surface area contributed by atoms with Gasteiger partial charge in [0.05, 0.1) is 18.5 Å². The molecule has 1 aromatic carbocycles. The number of sulfonamides is 1. The van der Waals surface area contributed by atoms with Gasteiger partial charge in [0.1, 0.15) is 23.5 Å². The minimum atomic E-state index is -3.80. The van der Waals surface area contributed by atoms with Gasteiger partial charge in [0.2, 0.25) is 5.91 Å².